The van der Waals surface area contributed by atoms with Crippen molar-refractivity contribution in [3.05, 3.63) is 0 Å². The van der Waals surface area contributed by atoms with Crippen molar-refractivity contribution in [3.63, 3.8) is 0 Å². The average molecular weight is 143 g/mol. The number of hydrogen-bond donors (Lipinski definition) is 1. The molecule has 0 saturated carbocycles. The van der Waals surface area contributed by atoms with E-state index in [1.807, 2.05) is 0 Å². The third-order valence-electron chi connectivity index (χ3n) is 1.17. The number of methoxy groups -OCH3 is 2. The zero-order valence-corrected chi connectivity index (χ0v) is 6.33. The first-order valence-electron chi connectivity index (χ1n) is 3.01. The molecule has 0 aliphatic carbocycles. The second-order valence-electron chi connectivity index (χ2n) is 1.91. The largest absolute Gasteiger partial charge is 0.354 e. The zero-order valence-electron chi connectivity index (χ0n) is 6.33. The highest BCUT2D eigenvalue weighted by atomic mass is 16.7. The van der Waals surface area contributed by atoms with Crippen LogP contribution in [0.1, 0.15) is 6.42 Å². The highest BCUT2D eigenvalue weighted by Gasteiger charge is 2.13. The molecule has 0 fully saturated rings. The van der Waals surface area contributed by atoms with Crippen molar-refractivity contribution < 1.29 is 9.47 Å². The minimum Gasteiger partial charge on any atom is -0.354 e. The van der Waals surface area contributed by atoms with Gasteiger partial charge in [0.15, 0.2) is 6.29 Å². The van der Waals surface area contributed by atoms with Gasteiger partial charge in [-0.1, -0.05) is 0 Å². The molecule has 0 aromatic carbocycles. The Labute approximate surface area is 61.5 Å². The van der Waals surface area contributed by atoms with Crippen LogP contribution in [0, 0.1) is 12.3 Å². The van der Waals surface area contributed by atoms with Crippen LogP contribution < -0.4 is 5.73 Å². The minimum atomic E-state index is -0.393. The monoisotopic (exact) mass is 143 g/mol. The lowest BCUT2D eigenvalue weighted by molar-refractivity contribution is -0.115. The maximum absolute atomic E-state index is 5.56. The Morgan fingerprint density at radius 3 is 2.30 bits per heavy atom. The normalized spacial score (nSPS) is 13.1. The third kappa shape index (κ3) is 2.83. The SMILES string of the molecule is C#CCC(N)C(OC)OC. The molecule has 10 heavy (non-hydrogen) atoms. The van der Waals surface area contributed by atoms with E-state index in [0.29, 0.717) is 6.42 Å². The van der Waals surface area contributed by atoms with Crippen LogP contribution in [0.5, 0.6) is 0 Å². The van der Waals surface area contributed by atoms with Gasteiger partial charge in [0.2, 0.25) is 0 Å². The van der Waals surface area contributed by atoms with Gasteiger partial charge in [-0.25, -0.2) is 0 Å². The molecule has 3 heteroatoms. The van der Waals surface area contributed by atoms with Gasteiger partial charge >= 0.3 is 0 Å². The molecule has 0 bridgehead atoms. The van der Waals surface area contributed by atoms with Gasteiger partial charge in [-0.15, -0.1) is 12.3 Å². The van der Waals surface area contributed by atoms with Crippen molar-refractivity contribution in [2.24, 2.45) is 5.73 Å². The summed E-state index contributed by atoms with van der Waals surface area (Å²) in [5.74, 6) is 2.43. The van der Waals surface area contributed by atoms with Crippen LogP contribution in [0.15, 0.2) is 0 Å². The minimum absolute atomic E-state index is 0.236. The van der Waals surface area contributed by atoms with Gasteiger partial charge in [0.05, 0.1) is 6.04 Å². The van der Waals surface area contributed by atoms with Gasteiger partial charge < -0.3 is 15.2 Å². The lowest BCUT2D eigenvalue weighted by Crippen LogP contribution is -2.36. The van der Waals surface area contributed by atoms with Crippen molar-refractivity contribution in [2.75, 3.05) is 14.2 Å². The fourth-order valence-corrected chi connectivity index (χ4v) is 0.678. The van der Waals surface area contributed by atoms with E-state index in [4.69, 9.17) is 21.6 Å². The molecule has 0 aromatic heterocycles. The summed E-state index contributed by atoms with van der Waals surface area (Å²) < 4.78 is 9.74. The van der Waals surface area contributed by atoms with Gasteiger partial charge in [0.1, 0.15) is 0 Å². The Morgan fingerprint density at radius 1 is 1.50 bits per heavy atom. The summed E-state index contributed by atoms with van der Waals surface area (Å²) in [4.78, 5) is 0. The highest BCUT2D eigenvalue weighted by Crippen LogP contribution is 1.99. The number of rotatable bonds is 4. The van der Waals surface area contributed by atoms with E-state index in [9.17, 15) is 0 Å². The van der Waals surface area contributed by atoms with Crippen LogP contribution in [0.3, 0.4) is 0 Å². The first kappa shape index (κ1) is 9.44. The summed E-state index contributed by atoms with van der Waals surface area (Å²) in [6, 6.07) is -0.236. The summed E-state index contributed by atoms with van der Waals surface area (Å²) >= 11 is 0. The van der Waals surface area contributed by atoms with Gasteiger partial charge in [0, 0.05) is 20.6 Å². The molecule has 0 saturated heterocycles. The van der Waals surface area contributed by atoms with E-state index >= 15 is 0 Å². The summed E-state index contributed by atoms with van der Waals surface area (Å²) in [5.41, 5.74) is 5.56. The Kier molecular flexibility index (Phi) is 4.95. The smallest absolute Gasteiger partial charge is 0.172 e. The van der Waals surface area contributed by atoms with Crippen LogP contribution in [0.2, 0.25) is 0 Å². The fraction of sp³-hybridized carbons (Fsp3) is 0.714. The number of terminal acetylenes is 1. The molecular weight excluding hydrogens is 130 g/mol. The molecule has 0 amide bonds. The predicted octanol–water partition coefficient (Wildman–Crippen LogP) is -0.0441. The topological polar surface area (TPSA) is 44.5 Å². The molecule has 58 valence electrons. The quantitative estimate of drug-likeness (QED) is 0.443. The Hall–Kier alpha value is -0.560. The van der Waals surface area contributed by atoms with E-state index in [0.717, 1.165) is 0 Å². The summed E-state index contributed by atoms with van der Waals surface area (Å²) in [7, 11) is 3.06. The Morgan fingerprint density at radius 2 is 2.00 bits per heavy atom. The van der Waals surface area contributed by atoms with E-state index in [2.05, 4.69) is 5.92 Å². The first-order chi connectivity index (χ1) is 4.76. The number of nitrogens with two attached hydrogens (primary N) is 1. The van der Waals surface area contributed by atoms with E-state index < -0.39 is 6.29 Å². The van der Waals surface area contributed by atoms with Crippen molar-refractivity contribution in [2.45, 2.75) is 18.8 Å². The third-order valence-corrected chi connectivity index (χ3v) is 1.17. The molecule has 0 aliphatic heterocycles. The highest BCUT2D eigenvalue weighted by molar-refractivity contribution is 4.89. The zero-order chi connectivity index (χ0) is 7.98. The van der Waals surface area contributed by atoms with Crippen LogP contribution in [-0.2, 0) is 9.47 Å². The van der Waals surface area contributed by atoms with Gasteiger partial charge in [-0.05, 0) is 0 Å². The number of hydrogen-bond acceptors (Lipinski definition) is 3. The Balaban J connectivity index is 3.66. The molecule has 3 nitrogen and oxygen atoms in total. The lowest BCUT2D eigenvalue weighted by atomic mass is 10.2. The van der Waals surface area contributed by atoms with E-state index in [-0.39, 0.29) is 6.04 Å². The molecule has 0 rings (SSSR count). The maximum Gasteiger partial charge on any atom is 0.172 e. The standard InChI is InChI=1S/C7H13NO2/c1-4-5-6(8)7(9-2)10-3/h1,6-7H,5,8H2,2-3H3. The van der Waals surface area contributed by atoms with Crippen molar-refractivity contribution in [3.8, 4) is 12.3 Å². The van der Waals surface area contributed by atoms with Crippen LogP contribution in [0.4, 0.5) is 0 Å². The molecule has 0 aromatic rings. The average Bonchev–Trinajstić information content (AvgIpc) is 1.91. The van der Waals surface area contributed by atoms with Gasteiger partial charge in [-0.3, -0.25) is 0 Å². The summed E-state index contributed by atoms with van der Waals surface area (Å²) in [5, 5.41) is 0. The molecule has 0 aliphatic rings. The molecule has 2 N–H and O–H groups in total. The molecule has 0 heterocycles. The molecule has 0 spiro atoms. The van der Waals surface area contributed by atoms with Gasteiger partial charge in [0.25, 0.3) is 0 Å². The van der Waals surface area contributed by atoms with Gasteiger partial charge in [-0.2, -0.15) is 0 Å². The second-order valence-corrected chi connectivity index (χ2v) is 1.91. The summed E-state index contributed by atoms with van der Waals surface area (Å²) in [6.45, 7) is 0. The maximum atomic E-state index is 5.56. The molecule has 1 atom stereocenters. The first-order valence-corrected chi connectivity index (χ1v) is 3.01. The molecular formula is C7H13NO2. The Bertz CT molecular complexity index is 115. The van der Waals surface area contributed by atoms with Crippen LogP contribution >= 0.6 is 0 Å². The fourth-order valence-electron chi connectivity index (χ4n) is 0.678. The lowest BCUT2D eigenvalue weighted by Gasteiger charge is -2.18. The molecule has 1 unspecified atom stereocenters. The van der Waals surface area contributed by atoms with Crippen LogP contribution in [-0.4, -0.2) is 26.6 Å². The van der Waals surface area contributed by atoms with Crippen molar-refractivity contribution >= 4 is 0 Å². The number of ether oxygens (including phenoxy) is 2. The molecule has 0 radical (unpaired) electrons. The second kappa shape index (κ2) is 5.24. The van der Waals surface area contributed by atoms with Crippen molar-refractivity contribution in [1.82, 2.24) is 0 Å². The predicted molar refractivity (Wildman–Crippen MR) is 39.2 cm³/mol. The van der Waals surface area contributed by atoms with E-state index in [1.165, 1.54) is 14.2 Å². The van der Waals surface area contributed by atoms with E-state index in [1.54, 1.807) is 0 Å². The summed E-state index contributed by atoms with van der Waals surface area (Å²) in [6.07, 6.45) is 5.11. The van der Waals surface area contributed by atoms with Crippen LogP contribution in [0.25, 0.3) is 0 Å². The van der Waals surface area contributed by atoms with Crippen molar-refractivity contribution in [1.29, 1.82) is 0 Å².